The van der Waals surface area contributed by atoms with Gasteiger partial charge in [-0.3, -0.25) is 10.1 Å². The Hall–Kier alpha value is -2.40. The molecule has 0 aliphatic carbocycles. The molecule has 2 aromatic rings. The highest BCUT2D eigenvalue weighted by molar-refractivity contribution is 6.01. The minimum absolute atomic E-state index is 0.0969. The van der Waals surface area contributed by atoms with Crippen LogP contribution in [-0.4, -0.2) is 19.2 Å². The lowest BCUT2D eigenvalue weighted by Crippen LogP contribution is -2.58. The van der Waals surface area contributed by atoms with Crippen LogP contribution in [0.2, 0.25) is 0 Å². The van der Waals surface area contributed by atoms with Crippen LogP contribution in [0.4, 0.5) is 10.1 Å². The molecule has 108 valence electrons. The standard InChI is InChI=1S/C16H16FN3O/c1-18-16-19-15(21)13-4-2-3-5-14(13)20(16)10-11-6-8-12(17)9-7-11/h2-9,16,18H,10H2,1H3,(H,19,21)/t16-/m0/s1. The number of para-hydroxylation sites is 1. The molecule has 4 nitrogen and oxygen atoms in total. The van der Waals surface area contributed by atoms with Gasteiger partial charge in [-0.15, -0.1) is 0 Å². The highest BCUT2D eigenvalue weighted by Gasteiger charge is 2.29. The van der Waals surface area contributed by atoms with E-state index in [1.54, 1.807) is 25.2 Å². The summed E-state index contributed by atoms with van der Waals surface area (Å²) < 4.78 is 13.0. The van der Waals surface area contributed by atoms with E-state index in [2.05, 4.69) is 10.6 Å². The van der Waals surface area contributed by atoms with E-state index in [1.165, 1.54) is 12.1 Å². The Bertz CT molecular complexity index is 657. The van der Waals surface area contributed by atoms with Crippen molar-refractivity contribution in [3.63, 3.8) is 0 Å². The molecular formula is C16H16FN3O. The summed E-state index contributed by atoms with van der Waals surface area (Å²) >= 11 is 0. The molecule has 5 heteroatoms. The number of carbonyl (C=O) groups is 1. The fourth-order valence-corrected chi connectivity index (χ4v) is 2.53. The quantitative estimate of drug-likeness (QED) is 0.907. The molecule has 1 aliphatic heterocycles. The topological polar surface area (TPSA) is 44.4 Å². The summed E-state index contributed by atoms with van der Waals surface area (Å²) in [6.07, 6.45) is -0.294. The molecule has 0 radical (unpaired) electrons. The summed E-state index contributed by atoms with van der Waals surface area (Å²) in [5.74, 6) is -0.350. The second-order valence-corrected chi connectivity index (χ2v) is 4.94. The first-order chi connectivity index (χ1) is 10.2. The van der Waals surface area contributed by atoms with Crippen LogP contribution in [0, 0.1) is 5.82 Å². The number of nitrogens with one attached hydrogen (secondary N) is 2. The largest absolute Gasteiger partial charge is 0.334 e. The summed E-state index contributed by atoms with van der Waals surface area (Å²) in [6, 6.07) is 13.9. The Balaban J connectivity index is 1.96. The first-order valence-corrected chi connectivity index (χ1v) is 6.77. The van der Waals surface area contributed by atoms with Gasteiger partial charge in [0.1, 0.15) is 5.82 Å². The number of fused-ring (bicyclic) bond motifs is 1. The van der Waals surface area contributed by atoms with Crippen LogP contribution in [0.15, 0.2) is 48.5 Å². The maximum atomic E-state index is 13.0. The number of halogens is 1. The molecule has 21 heavy (non-hydrogen) atoms. The molecule has 0 saturated carbocycles. The Morgan fingerprint density at radius 3 is 2.62 bits per heavy atom. The van der Waals surface area contributed by atoms with E-state index in [4.69, 9.17) is 0 Å². The summed E-state index contributed by atoms with van der Waals surface area (Å²) in [7, 11) is 1.79. The Morgan fingerprint density at radius 2 is 1.90 bits per heavy atom. The van der Waals surface area contributed by atoms with Gasteiger partial charge >= 0.3 is 0 Å². The van der Waals surface area contributed by atoms with Crippen LogP contribution in [0.5, 0.6) is 0 Å². The molecule has 1 atom stereocenters. The van der Waals surface area contributed by atoms with E-state index in [0.717, 1.165) is 11.3 Å². The average Bonchev–Trinajstić information content (AvgIpc) is 2.52. The van der Waals surface area contributed by atoms with E-state index in [-0.39, 0.29) is 18.0 Å². The first kappa shape index (κ1) is 13.6. The molecule has 0 bridgehead atoms. The summed E-state index contributed by atoms with van der Waals surface area (Å²) in [6.45, 7) is 0.572. The minimum atomic E-state index is -0.294. The predicted molar refractivity (Wildman–Crippen MR) is 79.3 cm³/mol. The molecule has 0 fully saturated rings. The van der Waals surface area contributed by atoms with Gasteiger partial charge in [-0.1, -0.05) is 24.3 Å². The van der Waals surface area contributed by atoms with Gasteiger partial charge in [-0.2, -0.15) is 0 Å². The first-order valence-electron chi connectivity index (χ1n) is 6.77. The van der Waals surface area contributed by atoms with Crippen molar-refractivity contribution in [1.29, 1.82) is 0 Å². The third-order valence-corrected chi connectivity index (χ3v) is 3.58. The van der Waals surface area contributed by atoms with Gasteiger partial charge in [0.05, 0.1) is 11.3 Å². The monoisotopic (exact) mass is 285 g/mol. The third-order valence-electron chi connectivity index (χ3n) is 3.58. The van der Waals surface area contributed by atoms with E-state index in [9.17, 15) is 9.18 Å². The number of amides is 1. The van der Waals surface area contributed by atoms with Crippen molar-refractivity contribution in [1.82, 2.24) is 10.6 Å². The number of rotatable bonds is 3. The van der Waals surface area contributed by atoms with Gasteiger partial charge in [-0.25, -0.2) is 4.39 Å². The molecule has 3 rings (SSSR count). The van der Waals surface area contributed by atoms with Crippen molar-refractivity contribution < 1.29 is 9.18 Å². The molecule has 1 heterocycles. The highest BCUT2D eigenvalue weighted by atomic mass is 19.1. The fraction of sp³-hybridized carbons (Fsp3) is 0.188. The smallest absolute Gasteiger partial charge is 0.255 e. The lowest BCUT2D eigenvalue weighted by molar-refractivity contribution is 0.0919. The summed E-state index contributed by atoms with van der Waals surface area (Å²) in [5.41, 5.74) is 2.48. The number of nitrogens with zero attached hydrogens (tertiary/aromatic N) is 1. The molecule has 0 saturated heterocycles. The molecular weight excluding hydrogens is 269 g/mol. The fourth-order valence-electron chi connectivity index (χ4n) is 2.53. The van der Waals surface area contributed by atoms with Crippen molar-refractivity contribution in [2.75, 3.05) is 11.9 Å². The highest BCUT2D eigenvalue weighted by Crippen LogP contribution is 2.27. The molecule has 0 aromatic heterocycles. The SMILES string of the molecule is CN[C@H]1NC(=O)c2ccccc2N1Cc1ccc(F)cc1. The Morgan fingerprint density at radius 1 is 1.19 bits per heavy atom. The van der Waals surface area contributed by atoms with Gasteiger partial charge < -0.3 is 10.2 Å². The Kier molecular flexibility index (Phi) is 3.58. The van der Waals surface area contributed by atoms with Crippen LogP contribution in [0.3, 0.4) is 0 Å². The number of anilines is 1. The number of benzene rings is 2. The van der Waals surface area contributed by atoms with Crippen LogP contribution >= 0.6 is 0 Å². The summed E-state index contributed by atoms with van der Waals surface area (Å²) in [5, 5.41) is 5.98. The third kappa shape index (κ3) is 2.60. The van der Waals surface area contributed by atoms with Crippen molar-refractivity contribution >= 4 is 11.6 Å². The van der Waals surface area contributed by atoms with Crippen LogP contribution < -0.4 is 15.5 Å². The minimum Gasteiger partial charge on any atom is -0.334 e. The van der Waals surface area contributed by atoms with Gasteiger partial charge in [0.25, 0.3) is 5.91 Å². The maximum Gasteiger partial charge on any atom is 0.255 e. The lowest BCUT2D eigenvalue weighted by Gasteiger charge is -2.38. The lowest BCUT2D eigenvalue weighted by atomic mass is 10.1. The van der Waals surface area contributed by atoms with Crippen LogP contribution in [0.1, 0.15) is 15.9 Å². The molecule has 0 unspecified atom stereocenters. The van der Waals surface area contributed by atoms with E-state index in [1.807, 2.05) is 23.1 Å². The van der Waals surface area contributed by atoms with Crippen molar-refractivity contribution in [2.45, 2.75) is 12.8 Å². The van der Waals surface area contributed by atoms with Crippen molar-refractivity contribution in [3.8, 4) is 0 Å². The second-order valence-electron chi connectivity index (χ2n) is 4.94. The van der Waals surface area contributed by atoms with Crippen molar-refractivity contribution in [3.05, 3.63) is 65.5 Å². The number of hydrogen-bond acceptors (Lipinski definition) is 3. The molecule has 1 amide bonds. The average molecular weight is 285 g/mol. The van der Waals surface area contributed by atoms with Gasteiger partial charge in [-0.05, 0) is 36.9 Å². The van der Waals surface area contributed by atoms with E-state index in [0.29, 0.717) is 12.1 Å². The number of carbonyl (C=O) groups excluding carboxylic acids is 1. The summed E-state index contributed by atoms with van der Waals surface area (Å²) in [4.78, 5) is 14.1. The van der Waals surface area contributed by atoms with Crippen LogP contribution in [-0.2, 0) is 6.54 Å². The van der Waals surface area contributed by atoms with E-state index >= 15 is 0 Å². The molecule has 0 spiro atoms. The molecule has 2 aromatic carbocycles. The van der Waals surface area contributed by atoms with E-state index < -0.39 is 0 Å². The van der Waals surface area contributed by atoms with Gasteiger partial charge in [0, 0.05) is 6.54 Å². The zero-order valence-corrected chi connectivity index (χ0v) is 11.6. The number of hydrogen-bond donors (Lipinski definition) is 2. The Labute approximate surface area is 122 Å². The molecule has 1 aliphatic rings. The zero-order chi connectivity index (χ0) is 14.8. The van der Waals surface area contributed by atoms with Gasteiger partial charge in [0.2, 0.25) is 0 Å². The van der Waals surface area contributed by atoms with Gasteiger partial charge in [0.15, 0.2) is 6.29 Å². The molecule has 2 N–H and O–H groups in total. The van der Waals surface area contributed by atoms with Crippen molar-refractivity contribution in [2.24, 2.45) is 0 Å². The normalized spacial score (nSPS) is 17.3. The second kappa shape index (κ2) is 5.54. The maximum absolute atomic E-state index is 13.0. The zero-order valence-electron chi connectivity index (χ0n) is 11.6. The predicted octanol–water partition coefficient (Wildman–Crippen LogP) is 2.08. The van der Waals surface area contributed by atoms with Crippen LogP contribution in [0.25, 0.3) is 0 Å².